The zero-order chi connectivity index (χ0) is 14.9. The van der Waals surface area contributed by atoms with Crippen LogP contribution in [0.3, 0.4) is 0 Å². The Kier molecular flexibility index (Phi) is 5.92. The summed E-state index contributed by atoms with van der Waals surface area (Å²) in [4.78, 5) is 14.1. The van der Waals surface area contributed by atoms with Crippen molar-refractivity contribution in [3.05, 3.63) is 24.3 Å². The maximum atomic E-state index is 11.7. The van der Waals surface area contributed by atoms with Crippen molar-refractivity contribution in [3.8, 4) is 17.6 Å². The first-order chi connectivity index (χ1) is 10.3. The van der Waals surface area contributed by atoms with E-state index in [2.05, 4.69) is 27.4 Å². The third-order valence-corrected chi connectivity index (χ3v) is 3.32. The van der Waals surface area contributed by atoms with Crippen LogP contribution in [0.5, 0.6) is 5.75 Å². The minimum atomic E-state index is -0.282. The molecule has 1 fully saturated rings. The molecule has 0 atom stereocenters. The number of hydrogen-bond acceptors (Lipinski definition) is 3. The summed E-state index contributed by atoms with van der Waals surface area (Å²) in [6.45, 7) is 3.40. The Balaban J connectivity index is 1.71. The Bertz CT molecular complexity index is 528. The lowest BCUT2D eigenvalue weighted by Crippen LogP contribution is -2.29. The molecular weight excluding hydrogens is 266 g/mol. The molecule has 1 aliphatic rings. The second-order valence-electron chi connectivity index (χ2n) is 4.84. The summed E-state index contributed by atoms with van der Waals surface area (Å²) in [7, 11) is 1.57. The van der Waals surface area contributed by atoms with Gasteiger partial charge in [0.15, 0.2) is 0 Å². The number of urea groups is 1. The summed E-state index contributed by atoms with van der Waals surface area (Å²) in [6, 6.07) is 7.00. The van der Waals surface area contributed by atoms with Gasteiger partial charge in [-0.2, -0.15) is 0 Å². The van der Waals surface area contributed by atoms with Gasteiger partial charge < -0.3 is 15.4 Å². The number of hydrogen-bond donors (Lipinski definition) is 2. The van der Waals surface area contributed by atoms with E-state index in [-0.39, 0.29) is 6.03 Å². The molecule has 0 saturated carbocycles. The van der Waals surface area contributed by atoms with Crippen LogP contribution in [0.4, 0.5) is 10.5 Å². The molecule has 2 amide bonds. The topological polar surface area (TPSA) is 53.6 Å². The molecule has 0 unspecified atom stereocenters. The number of ether oxygens (including phenoxy) is 1. The molecular formula is C16H21N3O2. The highest BCUT2D eigenvalue weighted by Gasteiger charge is 2.08. The quantitative estimate of drug-likeness (QED) is 0.832. The number of carbonyl (C=O) groups is 1. The fraction of sp³-hybridized carbons (Fsp3) is 0.438. The first kappa shape index (κ1) is 15.2. The highest BCUT2D eigenvalue weighted by Crippen LogP contribution is 2.22. The lowest BCUT2D eigenvalue weighted by atomic mass is 10.3. The fourth-order valence-electron chi connectivity index (χ4n) is 2.21. The van der Waals surface area contributed by atoms with Crippen LogP contribution in [-0.2, 0) is 0 Å². The van der Waals surface area contributed by atoms with E-state index in [1.165, 1.54) is 12.8 Å². The Morgan fingerprint density at radius 2 is 2.05 bits per heavy atom. The van der Waals surface area contributed by atoms with E-state index in [0.717, 1.165) is 19.6 Å². The maximum Gasteiger partial charge on any atom is 0.320 e. The Labute approximate surface area is 125 Å². The largest absolute Gasteiger partial charge is 0.495 e. The molecule has 0 radical (unpaired) electrons. The first-order valence-corrected chi connectivity index (χ1v) is 7.15. The number of carbonyl (C=O) groups excluding carboxylic acids is 1. The number of likely N-dealkylation sites (tertiary alicyclic amines) is 1. The van der Waals surface area contributed by atoms with Gasteiger partial charge in [-0.3, -0.25) is 4.90 Å². The highest BCUT2D eigenvalue weighted by atomic mass is 16.5. The molecule has 0 spiro atoms. The molecule has 5 nitrogen and oxygen atoms in total. The number of methoxy groups -OCH3 is 1. The van der Waals surface area contributed by atoms with Gasteiger partial charge in [0.05, 0.1) is 25.9 Å². The Morgan fingerprint density at radius 3 is 2.81 bits per heavy atom. The van der Waals surface area contributed by atoms with E-state index < -0.39 is 0 Å². The Hall–Kier alpha value is -2.19. The molecule has 0 aliphatic carbocycles. The number of anilines is 1. The van der Waals surface area contributed by atoms with Crippen molar-refractivity contribution < 1.29 is 9.53 Å². The third kappa shape index (κ3) is 5.01. The van der Waals surface area contributed by atoms with E-state index >= 15 is 0 Å². The van der Waals surface area contributed by atoms with Gasteiger partial charge in [0.25, 0.3) is 0 Å². The van der Waals surface area contributed by atoms with Crippen molar-refractivity contribution in [2.75, 3.05) is 38.6 Å². The highest BCUT2D eigenvalue weighted by molar-refractivity contribution is 5.91. The van der Waals surface area contributed by atoms with Gasteiger partial charge in [0, 0.05) is 0 Å². The molecule has 0 aromatic heterocycles. The van der Waals surface area contributed by atoms with Crippen molar-refractivity contribution in [1.29, 1.82) is 0 Å². The summed E-state index contributed by atoms with van der Waals surface area (Å²) in [5, 5.41) is 5.45. The van der Waals surface area contributed by atoms with Crippen LogP contribution in [0.2, 0.25) is 0 Å². The number of para-hydroxylation sites is 2. The van der Waals surface area contributed by atoms with Crippen LogP contribution in [0.25, 0.3) is 0 Å². The lowest BCUT2D eigenvalue weighted by molar-refractivity contribution is 0.253. The van der Waals surface area contributed by atoms with Crippen molar-refractivity contribution in [1.82, 2.24) is 10.2 Å². The molecule has 1 aromatic carbocycles. The minimum absolute atomic E-state index is 0.282. The fourth-order valence-corrected chi connectivity index (χ4v) is 2.21. The van der Waals surface area contributed by atoms with E-state index in [4.69, 9.17) is 4.74 Å². The zero-order valence-corrected chi connectivity index (χ0v) is 12.3. The summed E-state index contributed by atoms with van der Waals surface area (Å²) in [5.41, 5.74) is 0.641. The predicted molar refractivity (Wildman–Crippen MR) is 83.5 cm³/mol. The molecule has 21 heavy (non-hydrogen) atoms. The van der Waals surface area contributed by atoms with Crippen LogP contribution in [0.15, 0.2) is 24.3 Å². The molecule has 1 saturated heterocycles. The van der Waals surface area contributed by atoms with Gasteiger partial charge in [-0.05, 0) is 38.1 Å². The van der Waals surface area contributed by atoms with Crippen LogP contribution >= 0.6 is 0 Å². The summed E-state index contributed by atoms with van der Waals surface area (Å²) >= 11 is 0. The van der Waals surface area contributed by atoms with Gasteiger partial charge in [0.2, 0.25) is 0 Å². The molecule has 1 aliphatic heterocycles. The number of nitrogens with zero attached hydrogens (tertiary/aromatic N) is 1. The maximum absolute atomic E-state index is 11.7. The van der Waals surface area contributed by atoms with Crippen molar-refractivity contribution in [2.24, 2.45) is 0 Å². The van der Waals surface area contributed by atoms with E-state index in [0.29, 0.717) is 18.0 Å². The van der Waals surface area contributed by atoms with Crippen LogP contribution in [0, 0.1) is 11.8 Å². The van der Waals surface area contributed by atoms with Gasteiger partial charge in [-0.15, -0.1) is 0 Å². The van der Waals surface area contributed by atoms with Crippen LogP contribution < -0.4 is 15.4 Å². The average molecular weight is 287 g/mol. The normalized spacial score (nSPS) is 14.1. The second kappa shape index (κ2) is 8.18. The van der Waals surface area contributed by atoms with Crippen molar-refractivity contribution >= 4 is 11.7 Å². The number of amides is 2. The van der Waals surface area contributed by atoms with Crippen LogP contribution in [0.1, 0.15) is 12.8 Å². The minimum Gasteiger partial charge on any atom is -0.495 e. The number of nitrogens with one attached hydrogen (secondary N) is 2. The standard InChI is InChI=1S/C16H21N3O2/c1-21-15-9-3-2-8-14(15)18-16(20)17-10-4-5-11-19-12-6-7-13-19/h2-3,8-9H,6-7,10-13H2,1H3,(H2,17,18,20). The summed E-state index contributed by atoms with van der Waals surface area (Å²) in [6.07, 6.45) is 2.53. The van der Waals surface area contributed by atoms with Gasteiger partial charge in [-0.1, -0.05) is 24.0 Å². The third-order valence-electron chi connectivity index (χ3n) is 3.32. The van der Waals surface area contributed by atoms with Crippen LogP contribution in [-0.4, -0.2) is 44.2 Å². The molecule has 0 bridgehead atoms. The van der Waals surface area contributed by atoms with E-state index in [1.807, 2.05) is 12.1 Å². The summed E-state index contributed by atoms with van der Waals surface area (Å²) < 4.78 is 5.17. The van der Waals surface area contributed by atoms with Gasteiger partial charge in [0.1, 0.15) is 5.75 Å². The second-order valence-corrected chi connectivity index (χ2v) is 4.84. The Morgan fingerprint density at radius 1 is 1.29 bits per heavy atom. The SMILES string of the molecule is COc1ccccc1NC(=O)NCC#CCN1CCCC1. The smallest absolute Gasteiger partial charge is 0.320 e. The molecule has 2 rings (SSSR count). The summed E-state index contributed by atoms with van der Waals surface area (Å²) in [5.74, 6) is 6.67. The van der Waals surface area contributed by atoms with E-state index in [9.17, 15) is 4.79 Å². The van der Waals surface area contributed by atoms with Gasteiger partial charge in [-0.25, -0.2) is 4.79 Å². The first-order valence-electron chi connectivity index (χ1n) is 7.15. The molecule has 2 N–H and O–H groups in total. The zero-order valence-electron chi connectivity index (χ0n) is 12.3. The molecule has 1 aromatic rings. The van der Waals surface area contributed by atoms with E-state index in [1.54, 1.807) is 19.2 Å². The monoisotopic (exact) mass is 287 g/mol. The number of benzene rings is 1. The van der Waals surface area contributed by atoms with Gasteiger partial charge >= 0.3 is 6.03 Å². The molecule has 112 valence electrons. The number of rotatable bonds is 4. The predicted octanol–water partition coefficient (Wildman–Crippen LogP) is 1.92. The average Bonchev–Trinajstić information content (AvgIpc) is 3.01. The lowest BCUT2D eigenvalue weighted by Gasteiger charge is -2.10. The molecule has 5 heteroatoms. The molecule has 1 heterocycles. The van der Waals surface area contributed by atoms with Crippen molar-refractivity contribution in [2.45, 2.75) is 12.8 Å². The van der Waals surface area contributed by atoms with Crippen molar-refractivity contribution in [3.63, 3.8) is 0 Å².